The largest absolute Gasteiger partial charge is 0.492 e. The van der Waals surface area contributed by atoms with Gasteiger partial charge in [-0.3, -0.25) is 0 Å². The quantitative estimate of drug-likeness (QED) is 0.869. The molecule has 1 aliphatic carbocycles. The molecule has 5 heteroatoms. The number of benzene rings is 1. The Kier molecular flexibility index (Phi) is 3.99. The summed E-state index contributed by atoms with van der Waals surface area (Å²) in [5.41, 5.74) is 2.07. The maximum Gasteiger partial charge on any atom is 0.203 e. The first-order valence-corrected chi connectivity index (χ1v) is 9.16. The standard InChI is InChI=1S/C17H22BrN3O/c18-13-9-14-15(10-16(13)22-11-12-5-4-6-12)20-17(19-14)21-7-2-1-3-8-21/h9-10,12H,1-8,11H2,(H,19,20). The third-order valence-corrected chi connectivity index (χ3v) is 5.50. The van der Waals surface area contributed by atoms with E-state index >= 15 is 0 Å². The number of rotatable bonds is 4. The van der Waals surface area contributed by atoms with Gasteiger partial charge < -0.3 is 14.6 Å². The van der Waals surface area contributed by atoms with E-state index in [1.54, 1.807) is 0 Å². The lowest BCUT2D eigenvalue weighted by Gasteiger charge is -2.25. The number of anilines is 1. The van der Waals surface area contributed by atoms with Crippen molar-refractivity contribution in [1.82, 2.24) is 9.97 Å². The summed E-state index contributed by atoms with van der Waals surface area (Å²) < 4.78 is 7.00. The first-order valence-electron chi connectivity index (χ1n) is 8.36. The highest BCUT2D eigenvalue weighted by molar-refractivity contribution is 9.10. The lowest BCUT2D eigenvalue weighted by molar-refractivity contribution is 0.180. The van der Waals surface area contributed by atoms with Gasteiger partial charge in [0.25, 0.3) is 0 Å². The monoisotopic (exact) mass is 363 g/mol. The lowest BCUT2D eigenvalue weighted by atomic mass is 9.86. The Morgan fingerprint density at radius 1 is 1.18 bits per heavy atom. The molecule has 4 rings (SSSR count). The fraction of sp³-hybridized carbons (Fsp3) is 0.588. The molecule has 0 atom stereocenters. The van der Waals surface area contributed by atoms with Gasteiger partial charge in [0, 0.05) is 19.2 Å². The van der Waals surface area contributed by atoms with Gasteiger partial charge in [0.2, 0.25) is 5.95 Å². The van der Waals surface area contributed by atoms with Crippen molar-refractivity contribution in [3.8, 4) is 5.75 Å². The van der Waals surface area contributed by atoms with E-state index in [0.29, 0.717) is 0 Å². The second-order valence-corrected chi connectivity index (χ2v) is 7.37. The number of aromatic amines is 1. The molecule has 1 N–H and O–H groups in total. The summed E-state index contributed by atoms with van der Waals surface area (Å²) >= 11 is 3.63. The van der Waals surface area contributed by atoms with Gasteiger partial charge in [0.1, 0.15) is 5.75 Å². The Hall–Kier alpha value is -1.23. The molecule has 1 aromatic heterocycles. The van der Waals surface area contributed by atoms with Crippen molar-refractivity contribution in [2.45, 2.75) is 38.5 Å². The van der Waals surface area contributed by atoms with Crippen molar-refractivity contribution < 1.29 is 4.74 Å². The van der Waals surface area contributed by atoms with Gasteiger partial charge in [-0.05, 0) is 60.0 Å². The van der Waals surface area contributed by atoms with Crippen LogP contribution in [0.15, 0.2) is 16.6 Å². The van der Waals surface area contributed by atoms with E-state index in [-0.39, 0.29) is 0 Å². The second-order valence-electron chi connectivity index (χ2n) is 6.52. The summed E-state index contributed by atoms with van der Waals surface area (Å²) in [5, 5.41) is 0. The molecule has 1 saturated heterocycles. The average Bonchev–Trinajstić information content (AvgIpc) is 2.89. The van der Waals surface area contributed by atoms with Crippen LogP contribution in [0.2, 0.25) is 0 Å². The smallest absolute Gasteiger partial charge is 0.203 e. The minimum Gasteiger partial charge on any atom is -0.492 e. The van der Waals surface area contributed by atoms with Crippen molar-refractivity contribution >= 4 is 32.9 Å². The van der Waals surface area contributed by atoms with Crippen LogP contribution >= 0.6 is 15.9 Å². The van der Waals surface area contributed by atoms with Crippen LogP contribution in [-0.4, -0.2) is 29.7 Å². The summed E-state index contributed by atoms with van der Waals surface area (Å²) in [5.74, 6) is 2.65. The van der Waals surface area contributed by atoms with Gasteiger partial charge in [0.05, 0.1) is 22.1 Å². The second kappa shape index (κ2) is 6.11. The first kappa shape index (κ1) is 14.4. The van der Waals surface area contributed by atoms with Crippen LogP contribution in [0.5, 0.6) is 5.75 Å². The number of hydrogen-bond donors (Lipinski definition) is 1. The molecule has 4 nitrogen and oxygen atoms in total. The van der Waals surface area contributed by atoms with E-state index in [1.165, 1.54) is 38.5 Å². The number of ether oxygens (including phenoxy) is 1. The van der Waals surface area contributed by atoms with E-state index in [4.69, 9.17) is 9.72 Å². The average molecular weight is 364 g/mol. The molecule has 0 amide bonds. The number of nitrogens with one attached hydrogen (secondary N) is 1. The number of piperidine rings is 1. The number of fused-ring (bicyclic) bond motifs is 1. The molecule has 2 fully saturated rings. The molecular formula is C17H22BrN3O. The first-order chi connectivity index (χ1) is 10.8. The van der Waals surface area contributed by atoms with Crippen LogP contribution in [0, 0.1) is 5.92 Å². The number of hydrogen-bond acceptors (Lipinski definition) is 3. The third-order valence-electron chi connectivity index (χ3n) is 4.88. The van der Waals surface area contributed by atoms with Crippen molar-refractivity contribution in [2.75, 3.05) is 24.6 Å². The van der Waals surface area contributed by atoms with Crippen LogP contribution < -0.4 is 9.64 Å². The lowest BCUT2D eigenvalue weighted by Crippen LogP contribution is -2.30. The molecule has 2 aliphatic rings. The molecule has 118 valence electrons. The SMILES string of the molecule is Brc1cc2[nH]c(N3CCCCC3)nc2cc1OCC1CCC1. The Bertz CT molecular complexity index is 659. The zero-order valence-corrected chi connectivity index (χ0v) is 14.4. The number of aromatic nitrogens is 2. The molecule has 0 unspecified atom stereocenters. The highest BCUT2D eigenvalue weighted by Gasteiger charge is 2.19. The van der Waals surface area contributed by atoms with Gasteiger partial charge in [-0.1, -0.05) is 6.42 Å². The van der Waals surface area contributed by atoms with Crippen molar-refractivity contribution in [1.29, 1.82) is 0 Å². The van der Waals surface area contributed by atoms with Crippen LogP contribution in [0.4, 0.5) is 5.95 Å². The Morgan fingerprint density at radius 3 is 2.73 bits per heavy atom. The van der Waals surface area contributed by atoms with E-state index < -0.39 is 0 Å². The summed E-state index contributed by atoms with van der Waals surface area (Å²) in [4.78, 5) is 10.6. The molecule has 2 aromatic rings. The van der Waals surface area contributed by atoms with E-state index in [2.05, 4.69) is 37.9 Å². The highest BCUT2D eigenvalue weighted by atomic mass is 79.9. The van der Waals surface area contributed by atoms with Crippen molar-refractivity contribution in [3.05, 3.63) is 16.6 Å². The van der Waals surface area contributed by atoms with Gasteiger partial charge in [-0.15, -0.1) is 0 Å². The topological polar surface area (TPSA) is 41.2 Å². The van der Waals surface area contributed by atoms with Crippen LogP contribution in [0.3, 0.4) is 0 Å². The van der Waals surface area contributed by atoms with Crippen molar-refractivity contribution in [3.63, 3.8) is 0 Å². The van der Waals surface area contributed by atoms with Crippen molar-refractivity contribution in [2.24, 2.45) is 5.92 Å². The number of nitrogens with zero attached hydrogens (tertiary/aromatic N) is 2. The summed E-state index contributed by atoms with van der Waals surface area (Å²) in [6.45, 7) is 3.03. The van der Waals surface area contributed by atoms with E-state index in [0.717, 1.165) is 52.8 Å². The molecule has 1 saturated carbocycles. The number of H-pyrrole nitrogens is 1. The minimum atomic E-state index is 0.741. The molecule has 0 radical (unpaired) electrons. The van der Waals surface area contributed by atoms with Crippen LogP contribution in [0.25, 0.3) is 11.0 Å². The predicted octanol–water partition coefficient (Wildman–Crippen LogP) is 4.49. The zero-order chi connectivity index (χ0) is 14.9. The van der Waals surface area contributed by atoms with Crippen LogP contribution in [-0.2, 0) is 0 Å². The van der Waals surface area contributed by atoms with E-state index in [9.17, 15) is 0 Å². The Labute approximate surface area is 139 Å². The van der Waals surface area contributed by atoms with Gasteiger partial charge in [-0.2, -0.15) is 0 Å². The molecule has 0 spiro atoms. The summed E-state index contributed by atoms with van der Waals surface area (Å²) in [6.07, 6.45) is 7.82. The Balaban J connectivity index is 1.55. The van der Waals surface area contributed by atoms with Gasteiger partial charge >= 0.3 is 0 Å². The highest BCUT2D eigenvalue weighted by Crippen LogP contribution is 2.33. The maximum atomic E-state index is 5.99. The molecule has 1 aliphatic heterocycles. The van der Waals surface area contributed by atoms with Gasteiger partial charge in [0.15, 0.2) is 0 Å². The molecule has 0 bridgehead atoms. The predicted molar refractivity (Wildman–Crippen MR) is 92.7 cm³/mol. The third kappa shape index (κ3) is 2.83. The number of imidazole rings is 1. The van der Waals surface area contributed by atoms with Gasteiger partial charge in [-0.25, -0.2) is 4.98 Å². The summed E-state index contributed by atoms with van der Waals surface area (Å²) in [6, 6.07) is 4.15. The number of halogens is 1. The fourth-order valence-electron chi connectivity index (χ4n) is 3.23. The fourth-order valence-corrected chi connectivity index (χ4v) is 3.69. The summed E-state index contributed by atoms with van der Waals surface area (Å²) in [7, 11) is 0. The molecule has 1 aromatic carbocycles. The van der Waals surface area contributed by atoms with E-state index in [1.807, 2.05) is 0 Å². The Morgan fingerprint density at radius 2 is 2.00 bits per heavy atom. The van der Waals surface area contributed by atoms with Crippen LogP contribution in [0.1, 0.15) is 38.5 Å². The maximum absolute atomic E-state index is 5.99. The minimum absolute atomic E-state index is 0.741. The zero-order valence-electron chi connectivity index (χ0n) is 12.8. The molecular weight excluding hydrogens is 342 g/mol. The normalized spacial score (nSPS) is 19.4. The molecule has 2 heterocycles. The molecule has 22 heavy (non-hydrogen) atoms.